The highest BCUT2D eigenvalue weighted by atomic mass is 32.1. The van der Waals surface area contributed by atoms with Crippen molar-refractivity contribution in [2.24, 2.45) is 0 Å². The highest BCUT2D eigenvalue weighted by Gasteiger charge is 2.18. The molecule has 1 aromatic carbocycles. The summed E-state index contributed by atoms with van der Waals surface area (Å²) in [5, 5.41) is 7.05. The lowest BCUT2D eigenvalue weighted by Gasteiger charge is -2.07. The predicted octanol–water partition coefficient (Wildman–Crippen LogP) is 2.12. The summed E-state index contributed by atoms with van der Waals surface area (Å²) in [4.78, 5) is 27.8. The fourth-order valence-corrected chi connectivity index (χ4v) is 2.63. The number of pyridine rings is 1. The molecular weight excluding hydrogens is 324 g/mol. The number of hydrogen-bond acceptors (Lipinski definition) is 6. The lowest BCUT2D eigenvalue weighted by molar-refractivity contribution is 0.884. The van der Waals surface area contributed by atoms with Crippen molar-refractivity contribution in [2.45, 2.75) is 5.25 Å². The van der Waals surface area contributed by atoms with E-state index in [0.29, 0.717) is 28.4 Å². The van der Waals surface area contributed by atoms with Crippen LogP contribution in [0.25, 0.3) is 22.3 Å². The van der Waals surface area contributed by atoms with Crippen LogP contribution >= 0.6 is 12.6 Å². The van der Waals surface area contributed by atoms with Crippen LogP contribution in [0.1, 0.15) is 16.9 Å². The fraction of sp³-hybridized carbons (Fsp3) is 0.0625. The molecule has 118 valence electrons. The molecule has 0 bridgehead atoms. The Labute approximate surface area is 141 Å². The summed E-state index contributed by atoms with van der Waals surface area (Å²) >= 11 is 4.53. The number of nitrogens with one attached hydrogen (secondary N) is 2. The molecular formula is C16H12N6OS. The van der Waals surface area contributed by atoms with Crippen LogP contribution < -0.4 is 5.56 Å². The molecule has 4 rings (SSSR count). The third kappa shape index (κ3) is 2.56. The molecule has 7 nitrogen and oxygen atoms in total. The molecule has 0 aliphatic carbocycles. The Bertz CT molecular complexity index is 1060. The van der Waals surface area contributed by atoms with Crippen molar-refractivity contribution in [3.8, 4) is 11.4 Å². The van der Waals surface area contributed by atoms with Crippen molar-refractivity contribution >= 4 is 23.5 Å². The summed E-state index contributed by atoms with van der Waals surface area (Å²) in [5.41, 5.74) is 1.25. The van der Waals surface area contributed by atoms with Crippen molar-refractivity contribution in [2.75, 3.05) is 0 Å². The number of aromatic nitrogens is 6. The molecule has 0 aliphatic rings. The average molecular weight is 336 g/mol. The largest absolute Gasteiger partial charge is 0.309 e. The first-order chi connectivity index (χ1) is 11.7. The van der Waals surface area contributed by atoms with Crippen molar-refractivity contribution in [1.82, 2.24) is 30.1 Å². The Balaban J connectivity index is 1.73. The molecule has 0 saturated heterocycles. The molecule has 0 fully saturated rings. The number of thiol groups is 1. The molecule has 24 heavy (non-hydrogen) atoms. The van der Waals surface area contributed by atoms with Crippen LogP contribution in [0.4, 0.5) is 0 Å². The van der Waals surface area contributed by atoms with E-state index >= 15 is 0 Å². The molecule has 0 radical (unpaired) electrons. The van der Waals surface area contributed by atoms with Gasteiger partial charge in [0.15, 0.2) is 5.82 Å². The van der Waals surface area contributed by atoms with Crippen LogP contribution in [-0.2, 0) is 0 Å². The van der Waals surface area contributed by atoms with E-state index in [0.717, 1.165) is 5.56 Å². The maximum atomic E-state index is 12.2. The molecule has 4 aromatic rings. The summed E-state index contributed by atoms with van der Waals surface area (Å²) in [6.45, 7) is 0. The summed E-state index contributed by atoms with van der Waals surface area (Å²) in [5.74, 6) is 1.46. The Morgan fingerprint density at radius 1 is 1.00 bits per heavy atom. The monoisotopic (exact) mass is 336 g/mol. The number of H-pyrrole nitrogens is 2. The maximum Gasteiger partial charge on any atom is 0.258 e. The standard InChI is InChI=1S/C16H12N6OS/c23-16-10-3-1-2-4-11(10)18-14(20-16)12(24)15-19-13(21-22-15)9-5-7-17-8-6-9/h1-8,12,24H,(H,18,20,23)(H,19,21,22). The highest BCUT2D eigenvalue weighted by molar-refractivity contribution is 7.80. The fourth-order valence-electron chi connectivity index (χ4n) is 2.39. The van der Waals surface area contributed by atoms with E-state index in [-0.39, 0.29) is 5.56 Å². The van der Waals surface area contributed by atoms with E-state index in [2.05, 4.69) is 42.8 Å². The maximum absolute atomic E-state index is 12.2. The zero-order valence-corrected chi connectivity index (χ0v) is 13.2. The Hall–Kier alpha value is -3.00. The van der Waals surface area contributed by atoms with Crippen molar-refractivity contribution in [3.05, 3.63) is 70.8 Å². The van der Waals surface area contributed by atoms with Crippen LogP contribution in [0.3, 0.4) is 0 Å². The molecule has 0 saturated carbocycles. The van der Waals surface area contributed by atoms with Crippen LogP contribution in [0, 0.1) is 0 Å². The van der Waals surface area contributed by atoms with Gasteiger partial charge in [-0.15, -0.1) is 0 Å². The second-order valence-corrected chi connectivity index (χ2v) is 5.67. The lowest BCUT2D eigenvalue weighted by Crippen LogP contribution is -2.14. The summed E-state index contributed by atoms with van der Waals surface area (Å²) in [6, 6.07) is 10.8. The Morgan fingerprint density at radius 3 is 2.62 bits per heavy atom. The number of nitrogens with zero attached hydrogens (tertiary/aromatic N) is 4. The highest BCUT2D eigenvalue weighted by Crippen LogP contribution is 2.24. The molecule has 2 N–H and O–H groups in total. The molecule has 0 amide bonds. The van der Waals surface area contributed by atoms with Crippen molar-refractivity contribution < 1.29 is 0 Å². The van der Waals surface area contributed by atoms with E-state index in [1.54, 1.807) is 30.6 Å². The first-order valence-electron chi connectivity index (χ1n) is 7.22. The van der Waals surface area contributed by atoms with E-state index in [4.69, 9.17) is 0 Å². The van der Waals surface area contributed by atoms with Crippen LogP contribution in [-0.4, -0.2) is 30.1 Å². The van der Waals surface area contributed by atoms with Gasteiger partial charge in [-0.05, 0) is 24.3 Å². The van der Waals surface area contributed by atoms with Crippen molar-refractivity contribution in [3.63, 3.8) is 0 Å². The average Bonchev–Trinajstić information content (AvgIpc) is 3.12. The second kappa shape index (κ2) is 5.89. The first-order valence-corrected chi connectivity index (χ1v) is 7.74. The van der Waals surface area contributed by atoms with Gasteiger partial charge in [0.05, 0.1) is 10.9 Å². The van der Waals surface area contributed by atoms with Gasteiger partial charge in [0.2, 0.25) is 0 Å². The van der Waals surface area contributed by atoms with Gasteiger partial charge in [-0.1, -0.05) is 12.1 Å². The van der Waals surface area contributed by atoms with Crippen LogP contribution in [0.2, 0.25) is 0 Å². The number of hydrogen-bond donors (Lipinski definition) is 3. The Morgan fingerprint density at radius 2 is 1.79 bits per heavy atom. The summed E-state index contributed by atoms with van der Waals surface area (Å²) in [7, 11) is 0. The third-order valence-corrected chi connectivity index (χ3v) is 4.08. The zero-order chi connectivity index (χ0) is 16.5. The van der Waals surface area contributed by atoms with Gasteiger partial charge in [-0.25, -0.2) is 9.97 Å². The normalized spacial score (nSPS) is 12.4. The smallest absolute Gasteiger partial charge is 0.258 e. The van der Waals surface area contributed by atoms with Gasteiger partial charge in [-0.2, -0.15) is 17.7 Å². The van der Waals surface area contributed by atoms with E-state index in [9.17, 15) is 4.79 Å². The van der Waals surface area contributed by atoms with Crippen molar-refractivity contribution in [1.29, 1.82) is 0 Å². The number of para-hydroxylation sites is 1. The van der Waals surface area contributed by atoms with Gasteiger partial charge in [0, 0.05) is 18.0 Å². The number of rotatable bonds is 3. The van der Waals surface area contributed by atoms with Gasteiger partial charge in [0.1, 0.15) is 16.9 Å². The minimum Gasteiger partial charge on any atom is -0.309 e. The summed E-state index contributed by atoms with van der Waals surface area (Å²) < 4.78 is 0. The molecule has 1 atom stereocenters. The molecule has 3 aromatic heterocycles. The van der Waals surface area contributed by atoms with Gasteiger partial charge < -0.3 is 4.98 Å². The topological polar surface area (TPSA) is 100 Å². The molecule has 8 heteroatoms. The van der Waals surface area contributed by atoms with Crippen LogP contribution in [0.5, 0.6) is 0 Å². The molecule has 0 spiro atoms. The molecule has 0 aliphatic heterocycles. The first kappa shape index (κ1) is 14.6. The summed E-state index contributed by atoms with van der Waals surface area (Å²) in [6.07, 6.45) is 3.35. The van der Waals surface area contributed by atoms with E-state index < -0.39 is 5.25 Å². The molecule has 1 unspecified atom stereocenters. The lowest BCUT2D eigenvalue weighted by atomic mass is 10.2. The second-order valence-electron chi connectivity index (χ2n) is 5.15. The van der Waals surface area contributed by atoms with Gasteiger partial charge in [0.25, 0.3) is 5.56 Å². The minimum absolute atomic E-state index is 0.205. The minimum atomic E-state index is -0.523. The van der Waals surface area contributed by atoms with Gasteiger partial charge in [-0.3, -0.25) is 14.9 Å². The Kier molecular flexibility index (Phi) is 3.58. The predicted molar refractivity (Wildman–Crippen MR) is 92.8 cm³/mol. The van der Waals surface area contributed by atoms with Crippen LogP contribution in [0.15, 0.2) is 53.6 Å². The van der Waals surface area contributed by atoms with Gasteiger partial charge >= 0.3 is 0 Å². The number of benzene rings is 1. The quantitative estimate of drug-likeness (QED) is 0.498. The molecule has 3 heterocycles. The SMILES string of the molecule is O=c1[nH]c(C(S)c2nc(-c3ccncc3)n[nH]2)nc2ccccc12. The van der Waals surface area contributed by atoms with E-state index in [1.807, 2.05) is 18.2 Å². The number of fused-ring (bicyclic) bond motifs is 1. The van der Waals surface area contributed by atoms with E-state index in [1.165, 1.54) is 0 Å². The zero-order valence-electron chi connectivity index (χ0n) is 12.3. The third-order valence-electron chi connectivity index (χ3n) is 3.59. The number of aromatic amines is 2.